The van der Waals surface area contributed by atoms with Crippen molar-refractivity contribution >= 4 is 5.78 Å². The van der Waals surface area contributed by atoms with Crippen LogP contribution in [0.3, 0.4) is 0 Å². The average Bonchev–Trinajstić information content (AvgIpc) is 2.62. The number of nitrogens with two attached hydrogens (primary N) is 1. The summed E-state index contributed by atoms with van der Waals surface area (Å²) in [6.45, 7) is 0. The van der Waals surface area contributed by atoms with Gasteiger partial charge in [0.25, 0.3) is 0 Å². The van der Waals surface area contributed by atoms with Gasteiger partial charge in [-0.2, -0.15) is 13.2 Å². The molecule has 0 bridgehead atoms. The largest absolute Gasteiger partial charge is 0.416 e. The number of carbonyl (C=O) groups excluding carboxylic acids is 1. The second-order valence-corrected chi connectivity index (χ2v) is 5.35. The average molecular weight is 285 g/mol. The topological polar surface area (TPSA) is 43.1 Å². The van der Waals surface area contributed by atoms with Crippen LogP contribution in [0.5, 0.6) is 0 Å². The Bertz CT molecular complexity index is 467. The molecule has 2 rings (SSSR count). The molecule has 0 spiro atoms. The first-order valence-electron chi connectivity index (χ1n) is 6.86. The minimum absolute atomic E-state index is 0.131. The molecular weight excluding hydrogens is 267 g/mol. The number of hydrogen-bond acceptors (Lipinski definition) is 2. The second kappa shape index (κ2) is 5.95. The summed E-state index contributed by atoms with van der Waals surface area (Å²) in [5.41, 5.74) is 5.60. The first-order valence-corrected chi connectivity index (χ1v) is 6.86. The molecule has 2 atom stereocenters. The van der Waals surface area contributed by atoms with Gasteiger partial charge < -0.3 is 5.73 Å². The lowest BCUT2D eigenvalue weighted by Gasteiger charge is -2.20. The third kappa shape index (κ3) is 3.39. The van der Waals surface area contributed by atoms with Crippen molar-refractivity contribution in [3.8, 4) is 0 Å². The van der Waals surface area contributed by atoms with E-state index in [1.807, 2.05) is 0 Å². The highest BCUT2D eigenvalue weighted by molar-refractivity contribution is 5.98. The minimum atomic E-state index is -4.37. The van der Waals surface area contributed by atoms with Gasteiger partial charge in [-0.1, -0.05) is 31.4 Å². The lowest BCUT2D eigenvalue weighted by molar-refractivity contribution is -0.137. The van der Waals surface area contributed by atoms with Crippen molar-refractivity contribution in [2.24, 2.45) is 11.7 Å². The van der Waals surface area contributed by atoms with Gasteiger partial charge in [-0.3, -0.25) is 4.79 Å². The van der Waals surface area contributed by atoms with Crippen molar-refractivity contribution in [1.29, 1.82) is 0 Å². The molecule has 0 radical (unpaired) electrons. The third-order valence-corrected chi connectivity index (χ3v) is 3.90. The number of carbonyl (C=O) groups is 1. The van der Waals surface area contributed by atoms with Crippen LogP contribution in [-0.2, 0) is 6.18 Å². The normalized spacial score (nSPS) is 24.2. The van der Waals surface area contributed by atoms with E-state index >= 15 is 0 Å². The summed E-state index contributed by atoms with van der Waals surface area (Å²) in [7, 11) is 0. The van der Waals surface area contributed by atoms with Crippen molar-refractivity contribution in [3.05, 3.63) is 35.4 Å². The predicted octanol–water partition coefficient (Wildman–Crippen LogP) is 3.80. The van der Waals surface area contributed by atoms with E-state index in [9.17, 15) is 18.0 Å². The molecule has 0 amide bonds. The summed E-state index contributed by atoms with van der Waals surface area (Å²) in [6.07, 6.45) is 0.172. The fourth-order valence-electron chi connectivity index (χ4n) is 2.70. The van der Waals surface area contributed by atoms with E-state index in [2.05, 4.69) is 0 Å². The van der Waals surface area contributed by atoms with E-state index in [0.29, 0.717) is 5.56 Å². The molecule has 0 aromatic heterocycles. The van der Waals surface area contributed by atoms with Crippen molar-refractivity contribution in [1.82, 2.24) is 0 Å². The molecular formula is C15H18F3NO. The first-order chi connectivity index (χ1) is 9.39. The van der Waals surface area contributed by atoms with Gasteiger partial charge in [0.2, 0.25) is 0 Å². The van der Waals surface area contributed by atoms with Crippen LogP contribution in [0.15, 0.2) is 24.3 Å². The van der Waals surface area contributed by atoms with E-state index in [0.717, 1.165) is 44.2 Å². The summed E-state index contributed by atoms with van der Waals surface area (Å²) in [5.74, 6) is -0.401. The van der Waals surface area contributed by atoms with E-state index < -0.39 is 11.7 Å². The fourth-order valence-corrected chi connectivity index (χ4v) is 2.70. The minimum Gasteiger partial charge on any atom is -0.327 e. The Balaban J connectivity index is 2.16. The van der Waals surface area contributed by atoms with E-state index in [4.69, 9.17) is 5.73 Å². The molecule has 1 aliphatic rings. The molecule has 1 aliphatic carbocycles. The number of halogens is 3. The maximum Gasteiger partial charge on any atom is 0.416 e. The van der Waals surface area contributed by atoms with Crippen LogP contribution in [-0.4, -0.2) is 11.8 Å². The van der Waals surface area contributed by atoms with Crippen LogP contribution >= 0.6 is 0 Å². The van der Waals surface area contributed by atoms with E-state index in [-0.39, 0.29) is 17.7 Å². The molecule has 110 valence electrons. The standard InChI is InChI=1S/C15H18F3NO/c16-15(17,18)11-8-6-10(7-9-11)14(20)12-4-2-1-3-5-13(12)19/h6-9,12-13H,1-5,19H2. The maximum absolute atomic E-state index is 12.5. The fraction of sp³-hybridized carbons (Fsp3) is 0.533. The van der Waals surface area contributed by atoms with Gasteiger partial charge >= 0.3 is 6.18 Å². The van der Waals surface area contributed by atoms with Crippen LogP contribution in [0, 0.1) is 5.92 Å². The van der Waals surface area contributed by atoms with Crippen molar-refractivity contribution in [3.63, 3.8) is 0 Å². The molecule has 1 fully saturated rings. The van der Waals surface area contributed by atoms with Gasteiger partial charge in [0.05, 0.1) is 5.56 Å². The number of benzene rings is 1. The Labute approximate surface area is 116 Å². The molecule has 1 aromatic carbocycles. The predicted molar refractivity (Wildman–Crippen MR) is 70.3 cm³/mol. The van der Waals surface area contributed by atoms with Crippen LogP contribution in [0.4, 0.5) is 13.2 Å². The molecule has 2 N–H and O–H groups in total. The number of hydrogen-bond donors (Lipinski definition) is 1. The highest BCUT2D eigenvalue weighted by Crippen LogP contribution is 2.30. The first kappa shape index (κ1) is 15.0. The van der Waals surface area contributed by atoms with Crippen LogP contribution in [0.1, 0.15) is 48.0 Å². The Hall–Kier alpha value is -1.36. The van der Waals surface area contributed by atoms with Crippen molar-refractivity contribution in [2.75, 3.05) is 0 Å². The third-order valence-electron chi connectivity index (χ3n) is 3.90. The Kier molecular flexibility index (Phi) is 4.48. The summed E-state index contributed by atoms with van der Waals surface area (Å²) in [4.78, 5) is 12.4. The lowest BCUT2D eigenvalue weighted by Crippen LogP contribution is -2.34. The van der Waals surface area contributed by atoms with Crippen molar-refractivity contribution < 1.29 is 18.0 Å². The van der Waals surface area contributed by atoms with Gasteiger partial charge in [-0.05, 0) is 25.0 Å². The molecule has 0 aliphatic heterocycles. The van der Waals surface area contributed by atoms with Gasteiger partial charge in [0, 0.05) is 17.5 Å². The molecule has 0 heterocycles. The molecule has 5 heteroatoms. The quantitative estimate of drug-likeness (QED) is 0.663. The SMILES string of the molecule is NC1CCCCCC1C(=O)c1ccc(C(F)(F)F)cc1. The zero-order valence-electron chi connectivity index (χ0n) is 11.1. The summed E-state index contributed by atoms with van der Waals surface area (Å²) in [5, 5.41) is 0. The second-order valence-electron chi connectivity index (χ2n) is 5.35. The number of alkyl halides is 3. The monoisotopic (exact) mass is 285 g/mol. The summed E-state index contributed by atoms with van der Waals surface area (Å²) >= 11 is 0. The number of rotatable bonds is 2. The maximum atomic E-state index is 12.5. The molecule has 2 nitrogen and oxygen atoms in total. The Morgan fingerprint density at radius 2 is 1.65 bits per heavy atom. The molecule has 20 heavy (non-hydrogen) atoms. The van der Waals surface area contributed by atoms with Crippen LogP contribution in [0.25, 0.3) is 0 Å². The number of Topliss-reactive ketones (excluding diaryl/α,β-unsaturated/α-hetero) is 1. The van der Waals surface area contributed by atoms with Crippen LogP contribution in [0.2, 0.25) is 0 Å². The van der Waals surface area contributed by atoms with Crippen LogP contribution < -0.4 is 5.73 Å². The summed E-state index contributed by atoms with van der Waals surface area (Å²) in [6, 6.07) is 4.23. The Morgan fingerprint density at radius 3 is 2.25 bits per heavy atom. The molecule has 2 unspecified atom stereocenters. The highest BCUT2D eigenvalue weighted by atomic mass is 19.4. The van der Waals surface area contributed by atoms with Gasteiger partial charge in [0.15, 0.2) is 5.78 Å². The molecule has 1 saturated carbocycles. The highest BCUT2D eigenvalue weighted by Gasteiger charge is 2.31. The Morgan fingerprint density at radius 1 is 1.05 bits per heavy atom. The van der Waals surface area contributed by atoms with Crippen molar-refractivity contribution in [2.45, 2.75) is 44.3 Å². The number of ketones is 1. The summed E-state index contributed by atoms with van der Waals surface area (Å²) < 4.78 is 37.5. The zero-order chi connectivity index (χ0) is 14.8. The van der Waals surface area contributed by atoms with Gasteiger partial charge in [0.1, 0.15) is 0 Å². The van der Waals surface area contributed by atoms with E-state index in [1.54, 1.807) is 0 Å². The zero-order valence-corrected chi connectivity index (χ0v) is 11.1. The van der Waals surface area contributed by atoms with Gasteiger partial charge in [-0.25, -0.2) is 0 Å². The van der Waals surface area contributed by atoms with Gasteiger partial charge in [-0.15, -0.1) is 0 Å². The van der Waals surface area contributed by atoms with E-state index in [1.165, 1.54) is 12.1 Å². The molecule has 1 aromatic rings. The molecule has 0 saturated heterocycles. The lowest BCUT2D eigenvalue weighted by atomic mass is 9.87. The smallest absolute Gasteiger partial charge is 0.327 e.